The standard InChI is InChI=1S/C18H22N4OS/c1-4-12(2)21-18(19-3)20-11-13-9-10-15(23-13)17-22-14-7-5-6-8-16(14)24-17/h5-10,12H,4,11H2,1-3H3,(H2,19,20,21). The molecular formula is C18H22N4OS. The second-order valence-electron chi connectivity index (χ2n) is 5.63. The van der Waals surface area contributed by atoms with Crippen LogP contribution in [0.1, 0.15) is 26.0 Å². The predicted molar refractivity (Wildman–Crippen MR) is 100 cm³/mol. The van der Waals surface area contributed by atoms with Crippen LogP contribution < -0.4 is 10.6 Å². The lowest BCUT2D eigenvalue weighted by molar-refractivity contribution is 0.511. The SMILES string of the molecule is CCC(C)NC(=NC)NCc1ccc(-c2nc3ccccc3s2)o1. The predicted octanol–water partition coefficient (Wildman–Crippen LogP) is 4.02. The van der Waals surface area contributed by atoms with Gasteiger partial charge in [-0.1, -0.05) is 19.1 Å². The summed E-state index contributed by atoms with van der Waals surface area (Å²) in [5, 5.41) is 7.51. The highest BCUT2D eigenvalue weighted by Crippen LogP contribution is 2.30. The fourth-order valence-corrected chi connectivity index (χ4v) is 3.19. The van der Waals surface area contributed by atoms with E-state index in [4.69, 9.17) is 4.42 Å². The molecule has 0 spiro atoms. The van der Waals surface area contributed by atoms with E-state index in [2.05, 4.69) is 40.5 Å². The zero-order valence-electron chi connectivity index (χ0n) is 14.2. The average Bonchev–Trinajstić information content (AvgIpc) is 3.24. The van der Waals surface area contributed by atoms with Crippen molar-refractivity contribution in [2.75, 3.05) is 7.05 Å². The number of fused-ring (bicyclic) bond motifs is 1. The molecule has 6 heteroatoms. The van der Waals surface area contributed by atoms with Crippen LogP contribution in [-0.2, 0) is 6.54 Å². The van der Waals surface area contributed by atoms with Crippen LogP contribution in [0, 0.1) is 0 Å². The van der Waals surface area contributed by atoms with Crippen molar-refractivity contribution >= 4 is 27.5 Å². The van der Waals surface area contributed by atoms with Crippen molar-refractivity contribution in [3.63, 3.8) is 0 Å². The van der Waals surface area contributed by atoms with Crippen LogP contribution in [0.5, 0.6) is 0 Å². The van der Waals surface area contributed by atoms with Gasteiger partial charge < -0.3 is 15.1 Å². The van der Waals surface area contributed by atoms with Crippen molar-refractivity contribution in [1.82, 2.24) is 15.6 Å². The lowest BCUT2D eigenvalue weighted by Crippen LogP contribution is -2.41. The van der Waals surface area contributed by atoms with Crippen molar-refractivity contribution in [1.29, 1.82) is 0 Å². The van der Waals surface area contributed by atoms with Gasteiger partial charge in [-0.3, -0.25) is 4.99 Å². The molecule has 0 amide bonds. The lowest BCUT2D eigenvalue weighted by atomic mass is 10.3. The van der Waals surface area contributed by atoms with Crippen molar-refractivity contribution in [2.24, 2.45) is 4.99 Å². The maximum Gasteiger partial charge on any atom is 0.191 e. The maximum absolute atomic E-state index is 5.93. The largest absolute Gasteiger partial charge is 0.457 e. The molecule has 5 nitrogen and oxygen atoms in total. The first-order chi connectivity index (χ1) is 11.7. The summed E-state index contributed by atoms with van der Waals surface area (Å²) in [5.74, 6) is 2.44. The Morgan fingerprint density at radius 1 is 1.29 bits per heavy atom. The first-order valence-corrected chi connectivity index (χ1v) is 8.93. The fourth-order valence-electron chi connectivity index (χ4n) is 2.27. The number of para-hydroxylation sites is 1. The number of aliphatic imine (C=N–C) groups is 1. The number of aromatic nitrogens is 1. The summed E-state index contributed by atoms with van der Waals surface area (Å²) in [6.45, 7) is 4.85. The molecule has 1 unspecified atom stereocenters. The fraction of sp³-hybridized carbons (Fsp3) is 0.333. The molecule has 2 heterocycles. The molecule has 2 aromatic heterocycles. The van der Waals surface area contributed by atoms with Gasteiger partial charge in [0.25, 0.3) is 0 Å². The highest BCUT2D eigenvalue weighted by Gasteiger charge is 2.11. The van der Waals surface area contributed by atoms with E-state index in [0.717, 1.165) is 34.4 Å². The number of benzene rings is 1. The van der Waals surface area contributed by atoms with E-state index in [-0.39, 0.29) is 0 Å². The van der Waals surface area contributed by atoms with Gasteiger partial charge >= 0.3 is 0 Å². The molecule has 1 aromatic carbocycles. The van der Waals surface area contributed by atoms with E-state index in [1.165, 1.54) is 4.70 Å². The number of guanidine groups is 1. The quantitative estimate of drug-likeness (QED) is 0.543. The van der Waals surface area contributed by atoms with Gasteiger partial charge in [0, 0.05) is 13.1 Å². The maximum atomic E-state index is 5.93. The highest BCUT2D eigenvalue weighted by molar-refractivity contribution is 7.21. The van der Waals surface area contributed by atoms with E-state index < -0.39 is 0 Å². The molecule has 0 aliphatic rings. The molecule has 3 aromatic rings. The van der Waals surface area contributed by atoms with Crippen molar-refractivity contribution < 1.29 is 4.42 Å². The van der Waals surface area contributed by atoms with Gasteiger partial charge in [-0.2, -0.15) is 0 Å². The van der Waals surface area contributed by atoms with Gasteiger partial charge in [0.2, 0.25) is 0 Å². The molecule has 0 aliphatic heterocycles. The van der Waals surface area contributed by atoms with E-state index in [1.54, 1.807) is 18.4 Å². The topological polar surface area (TPSA) is 62.5 Å². The number of thiazole rings is 1. The summed E-state index contributed by atoms with van der Waals surface area (Å²) in [7, 11) is 1.77. The molecule has 2 N–H and O–H groups in total. The van der Waals surface area contributed by atoms with Crippen LogP contribution in [0.2, 0.25) is 0 Å². The summed E-state index contributed by atoms with van der Waals surface area (Å²) in [6, 6.07) is 12.4. The Bertz CT molecular complexity index is 803. The lowest BCUT2D eigenvalue weighted by Gasteiger charge is -2.15. The molecule has 3 rings (SSSR count). The van der Waals surface area contributed by atoms with Gasteiger partial charge in [-0.15, -0.1) is 11.3 Å². The van der Waals surface area contributed by atoms with Crippen LogP contribution in [0.25, 0.3) is 21.0 Å². The minimum Gasteiger partial charge on any atom is -0.457 e. The van der Waals surface area contributed by atoms with Crippen molar-refractivity contribution in [2.45, 2.75) is 32.9 Å². The third-order valence-electron chi connectivity index (χ3n) is 3.82. The summed E-state index contributed by atoms with van der Waals surface area (Å²) in [6.07, 6.45) is 1.04. The van der Waals surface area contributed by atoms with Gasteiger partial charge in [-0.25, -0.2) is 4.98 Å². The second-order valence-corrected chi connectivity index (χ2v) is 6.66. The smallest absolute Gasteiger partial charge is 0.191 e. The minimum atomic E-state index is 0.381. The molecule has 0 radical (unpaired) electrons. The average molecular weight is 342 g/mol. The third-order valence-corrected chi connectivity index (χ3v) is 4.87. The van der Waals surface area contributed by atoms with Crippen LogP contribution in [0.3, 0.4) is 0 Å². The minimum absolute atomic E-state index is 0.381. The van der Waals surface area contributed by atoms with Crippen molar-refractivity contribution in [3.05, 3.63) is 42.2 Å². The monoisotopic (exact) mass is 342 g/mol. The van der Waals surface area contributed by atoms with Gasteiger partial charge in [0.1, 0.15) is 5.76 Å². The van der Waals surface area contributed by atoms with Crippen LogP contribution in [0.4, 0.5) is 0 Å². The Kier molecular flexibility index (Phi) is 5.15. The third kappa shape index (κ3) is 3.76. The number of nitrogens with one attached hydrogen (secondary N) is 2. The number of hydrogen-bond donors (Lipinski definition) is 2. The zero-order chi connectivity index (χ0) is 16.9. The van der Waals surface area contributed by atoms with Gasteiger partial charge in [0.05, 0.1) is 16.8 Å². The Hall–Kier alpha value is -2.34. The zero-order valence-corrected chi connectivity index (χ0v) is 15.0. The van der Waals surface area contributed by atoms with Crippen LogP contribution >= 0.6 is 11.3 Å². The number of rotatable bonds is 5. The van der Waals surface area contributed by atoms with Gasteiger partial charge in [0.15, 0.2) is 16.7 Å². The Labute approximate surface area is 145 Å². The molecule has 0 aliphatic carbocycles. The van der Waals surface area contributed by atoms with E-state index in [1.807, 2.05) is 30.3 Å². The Morgan fingerprint density at radius 3 is 2.88 bits per heavy atom. The van der Waals surface area contributed by atoms with E-state index >= 15 is 0 Å². The van der Waals surface area contributed by atoms with Crippen molar-refractivity contribution in [3.8, 4) is 10.8 Å². The molecule has 0 bridgehead atoms. The highest BCUT2D eigenvalue weighted by atomic mass is 32.1. The Balaban J connectivity index is 1.67. The van der Waals surface area contributed by atoms with E-state index in [9.17, 15) is 0 Å². The molecule has 24 heavy (non-hydrogen) atoms. The molecule has 126 valence electrons. The number of nitrogens with zero attached hydrogens (tertiary/aromatic N) is 2. The summed E-state index contributed by atoms with van der Waals surface area (Å²) >= 11 is 1.64. The first kappa shape index (κ1) is 16.5. The van der Waals surface area contributed by atoms with E-state index in [0.29, 0.717) is 12.6 Å². The molecule has 1 atom stereocenters. The second kappa shape index (κ2) is 7.49. The molecule has 0 saturated carbocycles. The summed E-state index contributed by atoms with van der Waals surface area (Å²) in [5.41, 5.74) is 1.01. The van der Waals surface area contributed by atoms with Gasteiger partial charge in [-0.05, 0) is 37.6 Å². The van der Waals surface area contributed by atoms with Crippen LogP contribution in [-0.4, -0.2) is 24.0 Å². The normalized spacial score (nSPS) is 13.2. The summed E-state index contributed by atoms with van der Waals surface area (Å²) in [4.78, 5) is 8.85. The Morgan fingerprint density at radius 2 is 2.12 bits per heavy atom. The van der Waals surface area contributed by atoms with Crippen LogP contribution in [0.15, 0.2) is 45.8 Å². The molecular weight excluding hydrogens is 320 g/mol. The first-order valence-electron chi connectivity index (χ1n) is 8.11. The molecule has 0 saturated heterocycles. The summed E-state index contributed by atoms with van der Waals surface area (Å²) < 4.78 is 7.10. The number of hydrogen-bond acceptors (Lipinski definition) is 4. The number of furan rings is 1. The molecule has 0 fully saturated rings.